The zero-order chi connectivity index (χ0) is 89.9. The highest BCUT2D eigenvalue weighted by atomic mass is 16.3. The highest BCUT2D eigenvalue weighted by molar-refractivity contribution is 6.22. The van der Waals surface area contributed by atoms with Gasteiger partial charge in [-0.05, 0) is 180 Å². The maximum atomic E-state index is 6.85. The third kappa shape index (κ3) is 14.6. The van der Waals surface area contributed by atoms with Crippen molar-refractivity contribution >= 4 is 87.5 Å². The summed E-state index contributed by atoms with van der Waals surface area (Å²) in [7, 11) is 0. The van der Waals surface area contributed by atoms with Gasteiger partial charge >= 0.3 is 0 Å². The van der Waals surface area contributed by atoms with E-state index in [9.17, 15) is 0 Å². The third-order valence-corrected chi connectivity index (χ3v) is 26.1. The number of furan rings is 2. The molecule has 0 aliphatic rings. The van der Waals surface area contributed by atoms with E-state index < -0.39 is 0 Å². The summed E-state index contributed by atoms with van der Waals surface area (Å²) >= 11 is 0. The molecule has 10 heteroatoms. The van der Waals surface area contributed by atoms with Gasteiger partial charge in [0, 0.05) is 100.0 Å². The van der Waals surface area contributed by atoms with Crippen molar-refractivity contribution in [3.63, 3.8) is 0 Å². The van der Waals surface area contributed by atoms with Crippen LogP contribution in [0.15, 0.2) is 494 Å². The Morgan fingerprint density at radius 3 is 0.853 bits per heavy atom. The van der Waals surface area contributed by atoms with E-state index in [2.05, 4.69) is 422 Å². The molecule has 136 heavy (non-hydrogen) atoms. The molecule has 6 heterocycles. The fourth-order valence-corrected chi connectivity index (χ4v) is 19.7. The lowest BCUT2D eigenvalue weighted by Crippen LogP contribution is -2.01. The maximum absolute atomic E-state index is 6.85. The summed E-state index contributed by atoms with van der Waals surface area (Å²) in [6, 6.07) is 170. The number of hydrogen-bond donors (Lipinski definition) is 0. The van der Waals surface area contributed by atoms with Gasteiger partial charge in [0.25, 0.3) is 0 Å². The molecule has 20 aromatic carbocycles. The Morgan fingerprint density at radius 2 is 0.441 bits per heavy atom. The lowest BCUT2D eigenvalue weighted by atomic mass is 9.89. The van der Waals surface area contributed by atoms with Crippen LogP contribution in [-0.4, -0.2) is 39.0 Å². The van der Waals surface area contributed by atoms with Crippen LogP contribution in [0.5, 0.6) is 0 Å². The Bertz CT molecular complexity index is 8930. The molecule has 10 nitrogen and oxygen atoms in total. The fourth-order valence-electron chi connectivity index (χ4n) is 19.7. The standard InChI is InChI=1S/2C63H40N4O/c1-6-19-41(20-7-1)48-35-33-45(37-52(48)42-21-8-2-9-22-42)46-34-36-49(54(38-46)63-65-61(43-23-10-3-11-24-43)64-62(66-63)44-25-12-4-13-26-44)51-30-18-32-58-60(51)55-39-53-50-29-16-17-31-56(50)67(47-27-14-5-15-28-47)57(53)40-59(55)68-58;1-6-18-41(19-7-1)49-33-30-45(36-52(49)42-20-8-2-9-21-42)46-31-34-50(56(37-46)63-65-61(43-22-10-3-11-23-43)64-62(66-63)44-24-12-4-13-25-44)47-32-35-59-54(38-47)55-39-53-51-28-16-17-29-57(51)67(48-26-14-5-15-27-48)58(53)40-60(55)68-59/h2*1-40H. The molecule has 0 spiro atoms. The van der Waals surface area contributed by atoms with Crippen LogP contribution in [-0.2, 0) is 0 Å². The van der Waals surface area contributed by atoms with Crippen molar-refractivity contribution in [1.29, 1.82) is 0 Å². The molecule has 26 rings (SSSR count). The van der Waals surface area contributed by atoms with Crippen molar-refractivity contribution < 1.29 is 8.83 Å². The second kappa shape index (κ2) is 34.2. The second-order valence-corrected chi connectivity index (χ2v) is 34.3. The fraction of sp³-hybridized carbons (Fsp3) is 0. The first-order chi connectivity index (χ1) is 67.4. The van der Waals surface area contributed by atoms with E-state index in [1.54, 1.807) is 0 Å². The maximum Gasteiger partial charge on any atom is 0.164 e. The van der Waals surface area contributed by atoms with Gasteiger partial charge in [-0.2, -0.15) is 0 Å². The van der Waals surface area contributed by atoms with E-state index >= 15 is 0 Å². The number of para-hydroxylation sites is 4. The highest BCUT2D eigenvalue weighted by Gasteiger charge is 2.27. The van der Waals surface area contributed by atoms with Crippen LogP contribution in [0, 0.1) is 0 Å². The molecule has 0 atom stereocenters. The number of nitrogens with zero attached hydrogens (tertiary/aromatic N) is 8. The number of hydrogen-bond acceptors (Lipinski definition) is 8. The molecule has 0 aliphatic carbocycles. The van der Waals surface area contributed by atoms with Crippen molar-refractivity contribution in [2.75, 3.05) is 0 Å². The molecule has 636 valence electrons. The van der Waals surface area contributed by atoms with Crippen LogP contribution in [0.3, 0.4) is 0 Å². The van der Waals surface area contributed by atoms with Crippen LogP contribution >= 0.6 is 0 Å². The minimum atomic E-state index is 0.580. The molecule has 0 saturated carbocycles. The van der Waals surface area contributed by atoms with Gasteiger partial charge in [-0.3, -0.25) is 0 Å². The molecular weight excluding hydrogens is 1660 g/mol. The van der Waals surface area contributed by atoms with E-state index in [4.69, 9.17) is 38.7 Å². The summed E-state index contributed by atoms with van der Waals surface area (Å²) in [4.78, 5) is 31.4. The minimum absolute atomic E-state index is 0.580. The Balaban J connectivity index is 0.000000145. The second-order valence-electron chi connectivity index (χ2n) is 34.3. The monoisotopic (exact) mass is 1740 g/mol. The lowest BCUT2D eigenvalue weighted by molar-refractivity contribution is 0.669. The number of fused-ring (bicyclic) bond motifs is 12. The van der Waals surface area contributed by atoms with Crippen LogP contribution in [0.25, 0.3) is 256 Å². The molecule has 0 unspecified atom stereocenters. The normalized spacial score (nSPS) is 11.5. The van der Waals surface area contributed by atoms with E-state index in [1.165, 1.54) is 38.4 Å². The van der Waals surface area contributed by atoms with E-state index in [1.807, 2.05) is 72.8 Å². The van der Waals surface area contributed by atoms with Crippen LogP contribution in [0.2, 0.25) is 0 Å². The van der Waals surface area contributed by atoms with Crippen molar-refractivity contribution in [3.05, 3.63) is 485 Å². The van der Waals surface area contributed by atoms with Gasteiger partial charge in [-0.1, -0.05) is 382 Å². The number of rotatable bonds is 16. The van der Waals surface area contributed by atoms with E-state index in [0.717, 1.165) is 183 Å². The Kier molecular flexibility index (Phi) is 20.0. The molecular formula is C126H80N8O2. The minimum Gasteiger partial charge on any atom is -0.456 e. The zero-order valence-corrected chi connectivity index (χ0v) is 73.6. The third-order valence-electron chi connectivity index (χ3n) is 26.1. The first-order valence-electron chi connectivity index (χ1n) is 45.8. The quantitative estimate of drug-likeness (QED) is 0.0940. The molecule has 26 aromatic rings. The SMILES string of the molecule is c1ccc(-c2nc(-c3ccccc3)nc(-c3cc(-c4ccc(-c5ccccc5)c(-c5ccccc5)c4)ccc3-c3ccc4oc5cc6c(cc5c4c3)c3ccccc3n6-c3ccccc3)n2)cc1.c1ccc(-c2nc(-c3ccccc3)nc(-c3cc(-c4ccc(-c5ccccc5)c(-c5ccccc5)c4)ccc3-c3cccc4oc5cc6c(cc5c34)c3ccccc3n6-c3ccccc3)n2)cc1. The van der Waals surface area contributed by atoms with Crippen molar-refractivity contribution in [3.8, 4) is 169 Å². The zero-order valence-electron chi connectivity index (χ0n) is 73.6. The molecule has 6 aromatic heterocycles. The highest BCUT2D eigenvalue weighted by Crippen LogP contribution is 2.49. The molecule has 0 saturated heterocycles. The van der Waals surface area contributed by atoms with Crippen LogP contribution < -0.4 is 0 Å². The summed E-state index contributed by atoms with van der Waals surface area (Å²) in [6.07, 6.45) is 0. The van der Waals surface area contributed by atoms with Gasteiger partial charge in [-0.25, -0.2) is 29.9 Å². The van der Waals surface area contributed by atoms with Gasteiger partial charge in [-0.15, -0.1) is 0 Å². The van der Waals surface area contributed by atoms with Crippen LogP contribution in [0.4, 0.5) is 0 Å². The van der Waals surface area contributed by atoms with Gasteiger partial charge < -0.3 is 18.0 Å². The van der Waals surface area contributed by atoms with Crippen molar-refractivity contribution in [2.45, 2.75) is 0 Å². The van der Waals surface area contributed by atoms with Crippen molar-refractivity contribution in [2.24, 2.45) is 0 Å². The average Bonchev–Trinajstić information content (AvgIpc) is 1.54. The molecule has 0 N–H and O–H groups in total. The predicted octanol–water partition coefficient (Wildman–Crippen LogP) is 33.1. The largest absolute Gasteiger partial charge is 0.456 e. The van der Waals surface area contributed by atoms with E-state index in [-0.39, 0.29) is 0 Å². The van der Waals surface area contributed by atoms with Gasteiger partial charge in [0.15, 0.2) is 34.9 Å². The summed E-state index contributed by atoms with van der Waals surface area (Å²) in [5.74, 6) is 3.60. The predicted molar refractivity (Wildman–Crippen MR) is 559 cm³/mol. The first kappa shape index (κ1) is 79.8. The number of aromatic nitrogens is 8. The smallest absolute Gasteiger partial charge is 0.164 e. The molecule has 0 amide bonds. The average molecular weight is 1740 g/mol. The van der Waals surface area contributed by atoms with E-state index in [0.29, 0.717) is 34.9 Å². The first-order valence-corrected chi connectivity index (χ1v) is 45.8. The van der Waals surface area contributed by atoms with Gasteiger partial charge in [0.1, 0.15) is 22.3 Å². The summed E-state index contributed by atoms with van der Waals surface area (Å²) in [5, 5.41) is 8.91. The topological polar surface area (TPSA) is 113 Å². The molecule has 0 radical (unpaired) electrons. The van der Waals surface area contributed by atoms with Crippen molar-refractivity contribution in [1.82, 2.24) is 39.0 Å². The molecule has 0 bridgehead atoms. The van der Waals surface area contributed by atoms with Gasteiger partial charge in [0.05, 0.1) is 22.1 Å². The molecule has 0 aliphatic heterocycles. The Labute approximate surface area is 784 Å². The lowest BCUT2D eigenvalue weighted by Gasteiger charge is -2.16. The summed E-state index contributed by atoms with van der Waals surface area (Å²) in [5.41, 5.74) is 33.1. The number of benzene rings is 20. The van der Waals surface area contributed by atoms with Crippen LogP contribution in [0.1, 0.15) is 0 Å². The molecule has 0 fully saturated rings. The summed E-state index contributed by atoms with van der Waals surface area (Å²) in [6.45, 7) is 0. The van der Waals surface area contributed by atoms with Gasteiger partial charge in [0.2, 0.25) is 0 Å². The Morgan fingerprint density at radius 1 is 0.140 bits per heavy atom. The Hall–Kier alpha value is -18.4. The summed E-state index contributed by atoms with van der Waals surface area (Å²) < 4.78 is 18.2.